The Kier molecular flexibility index (Phi) is 6.87. The van der Waals surface area contributed by atoms with Crippen LogP contribution in [0.1, 0.15) is 39.2 Å². The first-order valence-corrected chi connectivity index (χ1v) is 10.2. The lowest BCUT2D eigenvalue weighted by molar-refractivity contribution is 0.0938. The number of nitrogens with one attached hydrogen (secondary N) is 2. The van der Waals surface area contributed by atoms with Crippen molar-refractivity contribution in [2.24, 2.45) is 0 Å². The maximum atomic E-state index is 12.6. The number of ether oxygens (including phenoxy) is 1. The molecule has 0 aromatic heterocycles. The lowest BCUT2D eigenvalue weighted by Crippen LogP contribution is -2.26. The van der Waals surface area contributed by atoms with Gasteiger partial charge in [0.05, 0.1) is 16.7 Å². The summed E-state index contributed by atoms with van der Waals surface area (Å²) in [5.74, 6) is 0.269. The molecule has 3 aromatic carbocycles. The molecule has 0 saturated carbocycles. The molecule has 0 spiro atoms. The molecule has 0 aliphatic rings. The summed E-state index contributed by atoms with van der Waals surface area (Å²) in [6, 6.07) is 21.7. The van der Waals surface area contributed by atoms with Gasteiger partial charge >= 0.3 is 0 Å². The molecular weight excluding hydrogens is 479 g/mol. The summed E-state index contributed by atoms with van der Waals surface area (Å²) in [6.07, 6.45) is 0. The van der Waals surface area contributed by atoms with Crippen LogP contribution in [0, 0.1) is 3.57 Å². The Balaban J connectivity index is 1.69. The smallest absolute Gasteiger partial charge is 0.255 e. The predicted molar refractivity (Wildman–Crippen MR) is 122 cm³/mol. The van der Waals surface area contributed by atoms with E-state index in [4.69, 9.17) is 4.74 Å². The number of amides is 2. The van der Waals surface area contributed by atoms with Crippen LogP contribution >= 0.6 is 22.6 Å². The molecule has 1 unspecified atom stereocenters. The monoisotopic (exact) mass is 500 g/mol. The Bertz CT molecular complexity index is 1020. The van der Waals surface area contributed by atoms with Gasteiger partial charge in [-0.1, -0.05) is 36.4 Å². The van der Waals surface area contributed by atoms with Crippen molar-refractivity contribution in [3.8, 4) is 5.75 Å². The molecule has 0 bridgehead atoms. The first-order valence-electron chi connectivity index (χ1n) is 9.08. The molecule has 3 rings (SSSR count). The van der Waals surface area contributed by atoms with Gasteiger partial charge in [0, 0.05) is 16.8 Å². The van der Waals surface area contributed by atoms with Crippen LogP contribution in [0.25, 0.3) is 0 Å². The molecular formula is C23H21IN2O3. The molecule has 6 heteroatoms. The van der Waals surface area contributed by atoms with Crippen LogP contribution in [0.4, 0.5) is 5.69 Å². The van der Waals surface area contributed by atoms with E-state index >= 15 is 0 Å². The fraction of sp³-hybridized carbons (Fsp3) is 0.130. The predicted octanol–water partition coefficient (Wildman–Crippen LogP) is 5.04. The Labute approximate surface area is 183 Å². The van der Waals surface area contributed by atoms with Crippen LogP contribution in [-0.2, 0) is 0 Å². The van der Waals surface area contributed by atoms with E-state index in [1.165, 1.54) is 0 Å². The van der Waals surface area contributed by atoms with Crippen molar-refractivity contribution in [1.82, 2.24) is 5.32 Å². The van der Waals surface area contributed by atoms with Crippen molar-refractivity contribution in [3.63, 3.8) is 0 Å². The molecule has 3 aromatic rings. The molecule has 0 saturated heterocycles. The van der Waals surface area contributed by atoms with Gasteiger partial charge in [-0.25, -0.2) is 0 Å². The van der Waals surface area contributed by atoms with Crippen molar-refractivity contribution in [2.45, 2.75) is 13.0 Å². The lowest BCUT2D eigenvalue weighted by Gasteiger charge is -2.15. The fourth-order valence-electron chi connectivity index (χ4n) is 2.85. The van der Waals surface area contributed by atoms with Crippen LogP contribution in [0.2, 0.25) is 0 Å². The maximum Gasteiger partial charge on any atom is 0.255 e. The van der Waals surface area contributed by atoms with Gasteiger partial charge in [0.15, 0.2) is 0 Å². The first kappa shape index (κ1) is 20.9. The zero-order valence-electron chi connectivity index (χ0n) is 16.1. The fourth-order valence-corrected chi connectivity index (χ4v) is 3.59. The molecule has 0 fully saturated rings. The summed E-state index contributed by atoms with van der Waals surface area (Å²) in [6.45, 7) is 1.93. The Morgan fingerprint density at radius 1 is 0.897 bits per heavy atom. The zero-order valence-corrected chi connectivity index (χ0v) is 18.3. The van der Waals surface area contributed by atoms with Gasteiger partial charge < -0.3 is 15.4 Å². The number of methoxy groups -OCH3 is 1. The van der Waals surface area contributed by atoms with Crippen LogP contribution < -0.4 is 15.4 Å². The number of hydrogen-bond donors (Lipinski definition) is 2. The number of benzene rings is 3. The van der Waals surface area contributed by atoms with Gasteiger partial charge in [-0.05, 0) is 71.5 Å². The maximum absolute atomic E-state index is 12.6. The highest BCUT2D eigenvalue weighted by Crippen LogP contribution is 2.22. The molecule has 29 heavy (non-hydrogen) atoms. The molecule has 5 nitrogen and oxygen atoms in total. The highest BCUT2D eigenvalue weighted by atomic mass is 127. The number of rotatable bonds is 6. The lowest BCUT2D eigenvalue weighted by atomic mass is 10.1. The average molecular weight is 500 g/mol. The minimum absolute atomic E-state index is 0.122. The van der Waals surface area contributed by atoms with Gasteiger partial charge in [-0.15, -0.1) is 0 Å². The second-order valence-corrected chi connectivity index (χ2v) is 7.65. The summed E-state index contributed by atoms with van der Waals surface area (Å²) in [5.41, 5.74) is 2.58. The van der Waals surface area contributed by atoms with Gasteiger partial charge in [0.25, 0.3) is 11.8 Å². The van der Waals surface area contributed by atoms with E-state index < -0.39 is 0 Å². The largest absolute Gasteiger partial charge is 0.496 e. The minimum Gasteiger partial charge on any atom is -0.496 e. The first-order chi connectivity index (χ1) is 14.0. The minimum atomic E-state index is -0.249. The van der Waals surface area contributed by atoms with Crippen molar-refractivity contribution < 1.29 is 14.3 Å². The summed E-state index contributed by atoms with van der Waals surface area (Å²) in [7, 11) is 1.59. The highest BCUT2D eigenvalue weighted by Gasteiger charge is 2.13. The summed E-state index contributed by atoms with van der Waals surface area (Å²) in [5, 5.41) is 5.82. The van der Waals surface area contributed by atoms with Crippen LogP contribution in [0.5, 0.6) is 5.75 Å². The van der Waals surface area contributed by atoms with E-state index in [0.29, 0.717) is 22.6 Å². The third kappa shape index (κ3) is 5.35. The zero-order chi connectivity index (χ0) is 20.8. The van der Waals surface area contributed by atoms with Crippen LogP contribution in [-0.4, -0.2) is 18.9 Å². The Morgan fingerprint density at radius 3 is 2.31 bits per heavy atom. The standard InChI is InChI=1S/C23H21IN2O3/c1-15(16-7-4-3-5-8-16)25-22(27)17-9-6-10-19(13-17)26-23(28)18-11-12-21(29-2)20(24)14-18/h3-15H,1-2H3,(H,25,27)(H,26,28). The van der Waals surface area contributed by atoms with Crippen molar-refractivity contribution in [2.75, 3.05) is 12.4 Å². The van der Waals surface area contributed by atoms with Crippen molar-refractivity contribution in [3.05, 3.63) is 93.1 Å². The number of hydrogen-bond acceptors (Lipinski definition) is 3. The van der Waals surface area contributed by atoms with E-state index in [1.54, 1.807) is 49.6 Å². The molecule has 0 aliphatic heterocycles. The average Bonchev–Trinajstić information content (AvgIpc) is 2.74. The summed E-state index contributed by atoms with van der Waals surface area (Å²) < 4.78 is 6.07. The van der Waals surface area contributed by atoms with Gasteiger partial charge in [0.2, 0.25) is 0 Å². The molecule has 0 aliphatic carbocycles. The number of anilines is 1. The molecule has 2 amide bonds. The summed E-state index contributed by atoms with van der Waals surface area (Å²) >= 11 is 2.12. The SMILES string of the molecule is COc1ccc(C(=O)Nc2cccc(C(=O)NC(C)c3ccccc3)c2)cc1I. The molecule has 148 valence electrons. The third-order valence-electron chi connectivity index (χ3n) is 4.44. The molecule has 0 radical (unpaired) electrons. The van der Waals surface area contributed by atoms with Crippen molar-refractivity contribution in [1.29, 1.82) is 0 Å². The van der Waals surface area contributed by atoms with Crippen molar-refractivity contribution >= 4 is 40.1 Å². The van der Waals surface area contributed by atoms with Crippen LogP contribution in [0.3, 0.4) is 0 Å². The van der Waals surface area contributed by atoms with Gasteiger partial charge in [-0.3, -0.25) is 9.59 Å². The number of carbonyl (C=O) groups is 2. The van der Waals surface area contributed by atoms with E-state index in [-0.39, 0.29) is 17.9 Å². The topological polar surface area (TPSA) is 67.4 Å². The molecule has 1 atom stereocenters. The highest BCUT2D eigenvalue weighted by molar-refractivity contribution is 14.1. The number of halogens is 1. The normalized spacial score (nSPS) is 11.4. The number of carbonyl (C=O) groups excluding carboxylic acids is 2. The molecule has 2 N–H and O–H groups in total. The second kappa shape index (κ2) is 9.56. The Morgan fingerprint density at radius 2 is 1.62 bits per heavy atom. The quantitative estimate of drug-likeness (QED) is 0.466. The Hall–Kier alpha value is -2.87. The van der Waals surface area contributed by atoms with E-state index in [1.807, 2.05) is 37.3 Å². The van der Waals surface area contributed by atoms with Crippen LogP contribution in [0.15, 0.2) is 72.8 Å². The van der Waals surface area contributed by atoms with Gasteiger partial charge in [-0.2, -0.15) is 0 Å². The third-order valence-corrected chi connectivity index (χ3v) is 5.29. The molecule has 0 heterocycles. The summed E-state index contributed by atoms with van der Waals surface area (Å²) in [4.78, 5) is 25.2. The van der Waals surface area contributed by atoms with E-state index in [2.05, 4.69) is 33.2 Å². The van der Waals surface area contributed by atoms with E-state index in [0.717, 1.165) is 9.13 Å². The second-order valence-electron chi connectivity index (χ2n) is 6.49. The van der Waals surface area contributed by atoms with E-state index in [9.17, 15) is 9.59 Å². The van der Waals surface area contributed by atoms with Gasteiger partial charge in [0.1, 0.15) is 5.75 Å².